The maximum Gasteiger partial charge on any atom is 0.323 e. The van der Waals surface area contributed by atoms with E-state index < -0.39 is 0 Å². The standard InChI is InChI=1S/C20H18N4OS/c1-13-6-5-9-16(14(13)2)21-19(25)22-17-8-4-3-7-15(17)18-12-24-10-11-26-20(24)23-18/h3-12H,1-2H3,(H2,21,22,25). The Balaban J connectivity index is 1.59. The van der Waals surface area contributed by atoms with Crippen molar-refractivity contribution in [1.82, 2.24) is 9.38 Å². The summed E-state index contributed by atoms with van der Waals surface area (Å²) in [5.74, 6) is 0. The summed E-state index contributed by atoms with van der Waals surface area (Å²) in [4.78, 5) is 18.1. The Morgan fingerprint density at radius 2 is 1.81 bits per heavy atom. The third kappa shape index (κ3) is 3.07. The summed E-state index contributed by atoms with van der Waals surface area (Å²) in [5, 5.41) is 7.86. The molecule has 26 heavy (non-hydrogen) atoms. The molecule has 5 nitrogen and oxygen atoms in total. The monoisotopic (exact) mass is 362 g/mol. The van der Waals surface area contributed by atoms with Gasteiger partial charge in [-0.3, -0.25) is 4.40 Å². The van der Waals surface area contributed by atoms with Crippen molar-refractivity contribution >= 4 is 33.7 Å². The van der Waals surface area contributed by atoms with E-state index in [0.29, 0.717) is 0 Å². The molecule has 0 fully saturated rings. The number of hydrogen-bond acceptors (Lipinski definition) is 3. The number of thiazole rings is 1. The van der Waals surface area contributed by atoms with E-state index in [1.165, 1.54) is 0 Å². The predicted octanol–water partition coefficient (Wildman–Crippen LogP) is 5.32. The molecule has 0 bridgehead atoms. The van der Waals surface area contributed by atoms with E-state index in [1.54, 1.807) is 11.3 Å². The second-order valence-electron chi connectivity index (χ2n) is 6.09. The lowest BCUT2D eigenvalue weighted by atomic mass is 10.1. The van der Waals surface area contributed by atoms with Crippen molar-refractivity contribution in [2.75, 3.05) is 10.6 Å². The van der Waals surface area contributed by atoms with Gasteiger partial charge in [0, 0.05) is 29.0 Å². The van der Waals surface area contributed by atoms with Gasteiger partial charge < -0.3 is 10.6 Å². The normalized spacial score (nSPS) is 10.8. The van der Waals surface area contributed by atoms with Gasteiger partial charge in [-0.1, -0.05) is 30.3 Å². The van der Waals surface area contributed by atoms with Gasteiger partial charge in [0.1, 0.15) is 0 Å². The number of nitrogens with zero attached hydrogens (tertiary/aromatic N) is 2. The van der Waals surface area contributed by atoms with E-state index in [4.69, 9.17) is 0 Å². The molecule has 0 radical (unpaired) electrons. The Labute approximate surface area is 155 Å². The van der Waals surface area contributed by atoms with E-state index in [2.05, 4.69) is 15.6 Å². The molecule has 0 atom stereocenters. The molecular formula is C20H18N4OS. The summed E-state index contributed by atoms with van der Waals surface area (Å²) < 4.78 is 1.98. The number of urea groups is 1. The van der Waals surface area contributed by atoms with Gasteiger partial charge in [0.05, 0.1) is 11.4 Å². The number of carbonyl (C=O) groups is 1. The average Bonchev–Trinajstić information content (AvgIpc) is 3.21. The molecular weight excluding hydrogens is 344 g/mol. The van der Waals surface area contributed by atoms with Crippen molar-refractivity contribution < 1.29 is 4.79 Å². The van der Waals surface area contributed by atoms with Gasteiger partial charge in [-0.2, -0.15) is 0 Å². The van der Waals surface area contributed by atoms with Gasteiger partial charge in [-0.05, 0) is 37.1 Å². The number of amides is 2. The first kappa shape index (κ1) is 16.4. The van der Waals surface area contributed by atoms with Crippen LogP contribution < -0.4 is 10.6 Å². The fraction of sp³-hybridized carbons (Fsp3) is 0.100. The highest BCUT2D eigenvalue weighted by atomic mass is 32.1. The average molecular weight is 362 g/mol. The van der Waals surface area contributed by atoms with Gasteiger partial charge in [-0.15, -0.1) is 11.3 Å². The van der Waals surface area contributed by atoms with Crippen LogP contribution >= 0.6 is 11.3 Å². The van der Waals surface area contributed by atoms with E-state index in [0.717, 1.165) is 38.7 Å². The molecule has 0 spiro atoms. The molecule has 4 aromatic rings. The second kappa shape index (κ2) is 6.65. The summed E-state index contributed by atoms with van der Waals surface area (Å²) in [6.45, 7) is 4.02. The van der Waals surface area contributed by atoms with Gasteiger partial charge in [-0.25, -0.2) is 9.78 Å². The molecule has 0 saturated carbocycles. The first-order valence-corrected chi connectivity index (χ1v) is 9.15. The number of hydrogen-bond donors (Lipinski definition) is 2. The number of anilines is 2. The lowest BCUT2D eigenvalue weighted by Gasteiger charge is -2.13. The molecule has 6 heteroatoms. The van der Waals surface area contributed by atoms with Gasteiger partial charge in [0.2, 0.25) is 0 Å². The van der Waals surface area contributed by atoms with E-state index >= 15 is 0 Å². The molecule has 2 heterocycles. The number of aromatic nitrogens is 2. The van der Waals surface area contributed by atoms with Crippen LogP contribution in [0.25, 0.3) is 16.2 Å². The molecule has 2 amide bonds. The van der Waals surface area contributed by atoms with Crippen molar-refractivity contribution in [3.63, 3.8) is 0 Å². The van der Waals surface area contributed by atoms with Crippen LogP contribution in [-0.2, 0) is 0 Å². The van der Waals surface area contributed by atoms with Crippen LogP contribution in [0.3, 0.4) is 0 Å². The molecule has 0 unspecified atom stereocenters. The number of benzene rings is 2. The number of carbonyl (C=O) groups excluding carboxylic acids is 1. The molecule has 0 saturated heterocycles. The minimum atomic E-state index is -0.271. The first-order valence-electron chi connectivity index (χ1n) is 8.27. The summed E-state index contributed by atoms with van der Waals surface area (Å²) >= 11 is 1.58. The first-order chi connectivity index (χ1) is 12.6. The Bertz CT molecular complexity index is 1070. The highest BCUT2D eigenvalue weighted by molar-refractivity contribution is 7.15. The summed E-state index contributed by atoms with van der Waals surface area (Å²) in [6, 6.07) is 13.3. The molecule has 2 N–H and O–H groups in total. The fourth-order valence-electron chi connectivity index (χ4n) is 2.84. The van der Waals surface area contributed by atoms with Crippen LogP contribution in [0.1, 0.15) is 11.1 Å². The van der Waals surface area contributed by atoms with E-state index in [1.807, 2.05) is 78.5 Å². The van der Waals surface area contributed by atoms with Crippen molar-refractivity contribution in [1.29, 1.82) is 0 Å². The highest BCUT2D eigenvalue weighted by Crippen LogP contribution is 2.28. The Morgan fingerprint density at radius 3 is 2.65 bits per heavy atom. The lowest BCUT2D eigenvalue weighted by Crippen LogP contribution is -2.20. The van der Waals surface area contributed by atoms with Crippen molar-refractivity contribution in [2.24, 2.45) is 0 Å². The predicted molar refractivity (Wildman–Crippen MR) is 107 cm³/mol. The minimum Gasteiger partial charge on any atom is -0.307 e. The van der Waals surface area contributed by atoms with Crippen molar-refractivity contribution in [3.05, 3.63) is 71.4 Å². The molecule has 130 valence electrons. The van der Waals surface area contributed by atoms with Crippen molar-refractivity contribution in [3.8, 4) is 11.3 Å². The van der Waals surface area contributed by atoms with E-state index in [-0.39, 0.29) is 6.03 Å². The van der Waals surface area contributed by atoms with Crippen molar-refractivity contribution in [2.45, 2.75) is 13.8 Å². The number of nitrogens with one attached hydrogen (secondary N) is 2. The Morgan fingerprint density at radius 1 is 1.04 bits per heavy atom. The summed E-state index contributed by atoms with van der Waals surface area (Å²) in [5.41, 5.74) is 5.45. The Hall–Kier alpha value is -3.12. The number of fused-ring (bicyclic) bond motifs is 1. The zero-order chi connectivity index (χ0) is 18.1. The van der Waals surface area contributed by atoms with Crippen LogP contribution in [0.4, 0.5) is 16.2 Å². The number of para-hydroxylation sites is 1. The fourth-order valence-corrected chi connectivity index (χ4v) is 3.54. The van der Waals surface area contributed by atoms with Crippen LogP contribution in [0.15, 0.2) is 60.2 Å². The molecule has 2 aromatic heterocycles. The topological polar surface area (TPSA) is 58.4 Å². The molecule has 2 aromatic carbocycles. The lowest BCUT2D eigenvalue weighted by molar-refractivity contribution is 0.262. The van der Waals surface area contributed by atoms with Gasteiger partial charge >= 0.3 is 6.03 Å². The molecule has 0 aliphatic rings. The molecule has 4 rings (SSSR count). The van der Waals surface area contributed by atoms with Crippen LogP contribution in [0.2, 0.25) is 0 Å². The van der Waals surface area contributed by atoms with Crippen LogP contribution in [0, 0.1) is 13.8 Å². The smallest absolute Gasteiger partial charge is 0.307 e. The van der Waals surface area contributed by atoms with Gasteiger partial charge in [0.15, 0.2) is 4.96 Å². The number of rotatable bonds is 3. The SMILES string of the molecule is Cc1cccc(NC(=O)Nc2ccccc2-c2cn3ccsc3n2)c1C. The third-order valence-electron chi connectivity index (χ3n) is 4.40. The maximum absolute atomic E-state index is 12.5. The highest BCUT2D eigenvalue weighted by Gasteiger charge is 2.12. The summed E-state index contributed by atoms with van der Waals surface area (Å²) in [7, 11) is 0. The quantitative estimate of drug-likeness (QED) is 0.518. The van der Waals surface area contributed by atoms with Crippen LogP contribution in [-0.4, -0.2) is 15.4 Å². The number of imidazole rings is 1. The Kier molecular flexibility index (Phi) is 4.18. The number of aryl methyl sites for hydroxylation is 1. The molecule has 0 aliphatic carbocycles. The minimum absolute atomic E-state index is 0.271. The zero-order valence-corrected chi connectivity index (χ0v) is 15.3. The molecule has 0 aliphatic heterocycles. The second-order valence-corrected chi connectivity index (χ2v) is 6.96. The van der Waals surface area contributed by atoms with Gasteiger partial charge in [0.25, 0.3) is 0 Å². The third-order valence-corrected chi connectivity index (χ3v) is 5.17. The van der Waals surface area contributed by atoms with Crippen LogP contribution in [0.5, 0.6) is 0 Å². The maximum atomic E-state index is 12.5. The largest absolute Gasteiger partial charge is 0.323 e. The zero-order valence-electron chi connectivity index (χ0n) is 14.5. The summed E-state index contributed by atoms with van der Waals surface area (Å²) in [6.07, 6.45) is 3.94. The van der Waals surface area contributed by atoms with E-state index in [9.17, 15) is 4.79 Å².